The van der Waals surface area contributed by atoms with Crippen LogP contribution in [0.3, 0.4) is 0 Å². The first-order chi connectivity index (χ1) is 16.2. The summed E-state index contributed by atoms with van der Waals surface area (Å²) in [5, 5.41) is 5.78. The highest BCUT2D eigenvalue weighted by atomic mass is 16.5. The quantitative estimate of drug-likeness (QED) is 0.626. The smallest absolute Gasteiger partial charge is 0.319 e. The number of nitrogens with one attached hydrogen (secondary N) is 2. The summed E-state index contributed by atoms with van der Waals surface area (Å²) in [6.07, 6.45) is 9.06. The summed E-state index contributed by atoms with van der Waals surface area (Å²) in [5.74, 6) is 0.584. The number of carbonyl (C=O) groups is 2. The lowest BCUT2D eigenvalue weighted by Gasteiger charge is -2.33. The summed E-state index contributed by atoms with van der Waals surface area (Å²) in [4.78, 5) is 31.1. The largest absolute Gasteiger partial charge is 0.368 e. The molecular formula is C25H29N5O3. The Morgan fingerprint density at radius 3 is 2.64 bits per heavy atom. The Bertz CT molecular complexity index is 1110. The first kappa shape index (κ1) is 21.5. The van der Waals surface area contributed by atoms with Crippen LogP contribution < -0.4 is 10.6 Å². The second-order valence-corrected chi connectivity index (χ2v) is 8.76. The lowest BCUT2D eigenvalue weighted by atomic mass is 9.89. The van der Waals surface area contributed by atoms with E-state index in [1.807, 2.05) is 46.0 Å². The van der Waals surface area contributed by atoms with E-state index < -0.39 is 0 Å². The molecule has 2 fully saturated rings. The molecule has 0 bridgehead atoms. The molecule has 5 rings (SSSR count). The lowest BCUT2D eigenvalue weighted by molar-refractivity contribution is -0.142. The van der Waals surface area contributed by atoms with E-state index in [4.69, 9.17) is 4.74 Å². The van der Waals surface area contributed by atoms with Crippen molar-refractivity contribution in [3.8, 4) is 0 Å². The van der Waals surface area contributed by atoms with Crippen LogP contribution in [0.5, 0.6) is 0 Å². The molecule has 4 heterocycles. The number of fused-ring (bicyclic) bond motifs is 1. The zero-order chi connectivity index (χ0) is 22.6. The summed E-state index contributed by atoms with van der Waals surface area (Å²) in [5.41, 5.74) is 3.85. The number of anilines is 1. The molecule has 1 unspecified atom stereocenters. The Hall–Kier alpha value is -3.39. The van der Waals surface area contributed by atoms with E-state index in [1.165, 1.54) is 5.56 Å². The number of imidazole rings is 1. The number of hydrogen-bond donors (Lipinski definition) is 2. The standard InChI is InChI=1S/C25H29N5O3/c31-24(22-2-1-15-33-22)30-12-8-20(9-13-30)19-3-5-21(6-4-19)28-25(32)27-17-18-7-11-29-14-10-26-23(29)16-18/h3-7,10-11,14,16,20,22H,1-2,8-9,12-13,15,17H2,(H2,27,28,32). The van der Waals surface area contributed by atoms with Gasteiger partial charge < -0.3 is 24.7 Å². The number of aromatic nitrogens is 2. The highest BCUT2D eigenvalue weighted by molar-refractivity contribution is 5.89. The van der Waals surface area contributed by atoms with Crippen molar-refractivity contribution >= 4 is 23.3 Å². The number of piperidine rings is 1. The molecule has 1 atom stereocenters. The van der Waals surface area contributed by atoms with Gasteiger partial charge in [0.25, 0.3) is 5.91 Å². The van der Waals surface area contributed by atoms with Crippen LogP contribution in [-0.2, 0) is 16.1 Å². The van der Waals surface area contributed by atoms with E-state index in [2.05, 4.69) is 27.8 Å². The molecule has 0 spiro atoms. The fourth-order valence-corrected chi connectivity index (χ4v) is 4.67. The van der Waals surface area contributed by atoms with Crippen molar-refractivity contribution in [1.29, 1.82) is 0 Å². The number of urea groups is 1. The number of ether oxygens (including phenoxy) is 1. The molecule has 1 aromatic carbocycles. The molecule has 2 N–H and O–H groups in total. The third kappa shape index (κ3) is 5.01. The van der Waals surface area contributed by atoms with Crippen molar-refractivity contribution in [2.45, 2.75) is 44.2 Å². The number of nitrogens with zero attached hydrogens (tertiary/aromatic N) is 3. The van der Waals surface area contributed by atoms with Gasteiger partial charge in [0.1, 0.15) is 11.8 Å². The average molecular weight is 448 g/mol. The molecule has 3 amide bonds. The third-order valence-electron chi connectivity index (χ3n) is 6.57. The van der Waals surface area contributed by atoms with Crippen molar-refractivity contribution < 1.29 is 14.3 Å². The second-order valence-electron chi connectivity index (χ2n) is 8.76. The van der Waals surface area contributed by atoms with Crippen LogP contribution in [-0.4, -0.2) is 52.0 Å². The van der Waals surface area contributed by atoms with Crippen molar-refractivity contribution in [2.24, 2.45) is 0 Å². The average Bonchev–Trinajstić information content (AvgIpc) is 3.55. The maximum atomic E-state index is 12.5. The number of carbonyl (C=O) groups excluding carboxylic acids is 2. The highest BCUT2D eigenvalue weighted by Gasteiger charge is 2.31. The number of pyridine rings is 1. The van der Waals surface area contributed by atoms with Crippen LogP contribution in [0.2, 0.25) is 0 Å². The normalized spacial score (nSPS) is 19.0. The molecule has 0 saturated carbocycles. The Labute approximate surface area is 192 Å². The molecule has 8 heteroatoms. The van der Waals surface area contributed by atoms with Crippen LogP contribution in [0, 0.1) is 0 Å². The van der Waals surface area contributed by atoms with Crippen LogP contribution in [0.15, 0.2) is 55.0 Å². The predicted molar refractivity (Wildman–Crippen MR) is 125 cm³/mol. The van der Waals surface area contributed by atoms with Crippen molar-refractivity contribution in [1.82, 2.24) is 19.6 Å². The van der Waals surface area contributed by atoms with Crippen molar-refractivity contribution in [3.63, 3.8) is 0 Å². The maximum absolute atomic E-state index is 12.5. The summed E-state index contributed by atoms with van der Waals surface area (Å²) >= 11 is 0. The van der Waals surface area contributed by atoms with E-state index in [0.29, 0.717) is 19.1 Å². The van der Waals surface area contributed by atoms with E-state index >= 15 is 0 Å². The summed E-state index contributed by atoms with van der Waals surface area (Å²) in [7, 11) is 0. The van der Waals surface area contributed by atoms with E-state index in [9.17, 15) is 9.59 Å². The fourth-order valence-electron chi connectivity index (χ4n) is 4.67. The Kier molecular flexibility index (Phi) is 6.26. The number of likely N-dealkylation sites (tertiary alicyclic amines) is 1. The molecule has 2 saturated heterocycles. The number of amides is 3. The molecule has 8 nitrogen and oxygen atoms in total. The third-order valence-corrected chi connectivity index (χ3v) is 6.57. The number of rotatable bonds is 5. The summed E-state index contributed by atoms with van der Waals surface area (Å²) in [6, 6.07) is 11.7. The minimum absolute atomic E-state index is 0.154. The topological polar surface area (TPSA) is 88.0 Å². The van der Waals surface area contributed by atoms with Gasteiger partial charge in [0.15, 0.2) is 0 Å². The van der Waals surface area contributed by atoms with Gasteiger partial charge in [-0.1, -0.05) is 12.1 Å². The van der Waals surface area contributed by atoms with E-state index in [0.717, 1.165) is 55.7 Å². The number of benzene rings is 1. The monoisotopic (exact) mass is 447 g/mol. The van der Waals surface area contributed by atoms with E-state index in [-0.39, 0.29) is 18.0 Å². The Morgan fingerprint density at radius 2 is 1.88 bits per heavy atom. The van der Waals surface area contributed by atoms with Crippen molar-refractivity contribution in [3.05, 3.63) is 66.1 Å². The first-order valence-electron chi connectivity index (χ1n) is 11.6. The maximum Gasteiger partial charge on any atom is 0.319 e. The van der Waals surface area contributed by atoms with Gasteiger partial charge in [0, 0.05) is 50.5 Å². The molecule has 33 heavy (non-hydrogen) atoms. The Balaban J connectivity index is 1.09. The molecular weight excluding hydrogens is 418 g/mol. The number of hydrogen-bond acceptors (Lipinski definition) is 4. The Morgan fingerprint density at radius 1 is 1.06 bits per heavy atom. The van der Waals surface area contributed by atoms with Crippen LogP contribution >= 0.6 is 0 Å². The van der Waals surface area contributed by atoms with Gasteiger partial charge in [-0.15, -0.1) is 0 Å². The minimum atomic E-state index is -0.244. The SMILES string of the molecule is O=C(NCc1ccn2ccnc2c1)Nc1ccc(C2CCN(C(=O)C3CCCO3)CC2)cc1. The minimum Gasteiger partial charge on any atom is -0.368 e. The van der Waals surface area contributed by atoms with Crippen LogP contribution in [0.1, 0.15) is 42.7 Å². The van der Waals surface area contributed by atoms with Gasteiger partial charge in [-0.25, -0.2) is 9.78 Å². The molecule has 172 valence electrons. The lowest BCUT2D eigenvalue weighted by Crippen LogP contribution is -2.43. The van der Waals surface area contributed by atoms with Crippen LogP contribution in [0.25, 0.3) is 5.65 Å². The molecule has 0 radical (unpaired) electrons. The molecule has 2 aliphatic heterocycles. The molecule has 2 aromatic heterocycles. The molecule has 3 aromatic rings. The van der Waals surface area contributed by atoms with Crippen molar-refractivity contribution in [2.75, 3.05) is 25.0 Å². The highest BCUT2D eigenvalue weighted by Crippen LogP contribution is 2.30. The zero-order valence-electron chi connectivity index (χ0n) is 18.6. The van der Waals surface area contributed by atoms with Gasteiger partial charge in [0.05, 0.1) is 0 Å². The molecule has 0 aliphatic carbocycles. The summed E-state index contributed by atoms with van der Waals surface area (Å²) in [6.45, 7) is 2.68. The van der Waals surface area contributed by atoms with Gasteiger partial charge in [0.2, 0.25) is 0 Å². The van der Waals surface area contributed by atoms with Gasteiger partial charge in [-0.3, -0.25) is 4.79 Å². The first-order valence-corrected chi connectivity index (χ1v) is 11.6. The van der Waals surface area contributed by atoms with Crippen LogP contribution in [0.4, 0.5) is 10.5 Å². The predicted octanol–water partition coefficient (Wildman–Crippen LogP) is 3.54. The van der Waals surface area contributed by atoms with Gasteiger partial charge in [-0.2, -0.15) is 0 Å². The van der Waals surface area contributed by atoms with Gasteiger partial charge >= 0.3 is 6.03 Å². The molecule has 2 aliphatic rings. The fraction of sp³-hybridized carbons (Fsp3) is 0.400. The zero-order valence-corrected chi connectivity index (χ0v) is 18.6. The van der Waals surface area contributed by atoms with Gasteiger partial charge in [-0.05, 0) is 67.0 Å². The second kappa shape index (κ2) is 9.62. The summed E-state index contributed by atoms with van der Waals surface area (Å²) < 4.78 is 7.47. The van der Waals surface area contributed by atoms with E-state index in [1.54, 1.807) is 6.20 Å².